The number of hydrogen-bond donors (Lipinski definition) is 0. The van der Waals surface area contributed by atoms with Crippen molar-refractivity contribution >= 4 is 24.9 Å². The van der Waals surface area contributed by atoms with E-state index in [1.165, 1.54) is 16.3 Å². The van der Waals surface area contributed by atoms with Crippen LogP contribution >= 0.6 is 0 Å². The molecule has 1 amide bonds. The summed E-state index contributed by atoms with van der Waals surface area (Å²) in [6.45, 7) is 8.47. The van der Waals surface area contributed by atoms with Crippen LogP contribution in [-0.4, -0.2) is 44.4 Å². The predicted molar refractivity (Wildman–Crippen MR) is 119 cm³/mol. The van der Waals surface area contributed by atoms with Gasteiger partial charge in [0.1, 0.15) is 6.61 Å². The minimum Gasteiger partial charge on any atom is -0.445 e. The molecule has 2 aromatic carbocycles. The summed E-state index contributed by atoms with van der Waals surface area (Å²) in [4.78, 5) is 14.7. The van der Waals surface area contributed by atoms with E-state index in [-0.39, 0.29) is 18.2 Å². The van der Waals surface area contributed by atoms with Crippen molar-refractivity contribution in [1.29, 1.82) is 0 Å². The number of benzene rings is 2. The van der Waals surface area contributed by atoms with Crippen LogP contribution in [0.3, 0.4) is 0 Å². The average molecular weight is 408 g/mol. The SMILES string of the molecule is C[Si](C)(C)c1ccc(C2=CC3COCC(C2)N3C(=O)OCc2ccccc2)cc1. The molecule has 1 fully saturated rings. The zero-order valence-electron chi connectivity index (χ0n) is 17.4. The molecule has 152 valence electrons. The minimum absolute atomic E-state index is 0.0219. The van der Waals surface area contributed by atoms with E-state index < -0.39 is 8.07 Å². The Balaban J connectivity index is 1.49. The summed E-state index contributed by atoms with van der Waals surface area (Å²) < 4.78 is 11.3. The number of rotatable bonds is 4. The predicted octanol–water partition coefficient (Wildman–Crippen LogP) is 4.43. The second-order valence-corrected chi connectivity index (χ2v) is 14.0. The van der Waals surface area contributed by atoms with Crippen LogP contribution in [0.5, 0.6) is 0 Å². The van der Waals surface area contributed by atoms with Gasteiger partial charge in [-0.25, -0.2) is 4.79 Å². The Kier molecular flexibility index (Phi) is 5.61. The van der Waals surface area contributed by atoms with Crippen molar-refractivity contribution in [2.45, 2.75) is 44.8 Å². The monoisotopic (exact) mass is 407 g/mol. The number of fused-ring (bicyclic) bond motifs is 2. The lowest BCUT2D eigenvalue weighted by molar-refractivity contribution is -0.0342. The first-order valence-corrected chi connectivity index (χ1v) is 13.8. The van der Waals surface area contributed by atoms with Gasteiger partial charge in [-0.2, -0.15) is 0 Å². The first-order chi connectivity index (χ1) is 13.9. The van der Waals surface area contributed by atoms with E-state index in [9.17, 15) is 4.79 Å². The van der Waals surface area contributed by atoms with Gasteiger partial charge in [0.15, 0.2) is 0 Å². The van der Waals surface area contributed by atoms with Crippen LogP contribution in [0.2, 0.25) is 19.6 Å². The molecule has 29 heavy (non-hydrogen) atoms. The van der Waals surface area contributed by atoms with E-state index in [1.807, 2.05) is 35.2 Å². The number of carbonyl (C=O) groups is 1. The second kappa shape index (κ2) is 8.17. The highest BCUT2D eigenvalue weighted by Crippen LogP contribution is 2.33. The van der Waals surface area contributed by atoms with Gasteiger partial charge >= 0.3 is 6.09 Å². The van der Waals surface area contributed by atoms with Crippen molar-refractivity contribution in [2.24, 2.45) is 0 Å². The number of nitrogens with zero attached hydrogens (tertiary/aromatic N) is 1. The fourth-order valence-corrected chi connectivity index (χ4v) is 5.24. The first kappa shape index (κ1) is 19.9. The molecular weight excluding hydrogens is 378 g/mol. The van der Waals surface area contributed by atoms with E-state index in [0.29, 0.717) is 19.8 Å². The molecule has 0 aromatic heterocycles. The third-order valence-electron chi connectivity index (χ3n) is 5.74. The van der Waals surface area contributed by atoms with Crippen LogP contribution in [0.15, 0.2) is 60.7 Å². The Morgan fingerprint density at radius 1 is 1.07 bits per heavy atom. The molecule has 0 aliphatic carbocycles. The second-order valence-electron chi connectivity index (χ2n) is 8.93. The van der Waals surface area contributed by atoms with Crippen molar-refractivity contribution in [3.05, 3.63) is 71.8 Å². The Morgan fingerprint density at radius 3 is 2.45 bits per heavy atom. The Hall–Kier alpha value is -2.37. The van der Waals surface area contributed by atoms with Gasteiger partial charge in [0.2, 0.25) is 0 Å². The number of hydrogen-bond acceptors (Lipinski definition) is 3. The largest absolute Gasteiger partial charge is 0.445 e. The van der Waals surface area contributed by atoms with Gasteiger partial charge in [-0.05, 0) is 23.1 Å². The molecule has 4 rings (SSSR count). The summed E-state index contributed by atoms with van der Waals surface area (Å²) in [5, 5.41) is 1.47. The quantitative estimate of drug-likeness (QED) is 0.704. The summed E-state index contributed by atoms with van der Waals surface area (Å²) in [6, 6.07) is 18.8. The lowest BCUT2D eigenvalue weighted by Gasteiger charge is -2.43. The van der Waals surface area contributed by atoms with Crippen LogP contribution in [-0.2, 0) is 16.1 Å². The first-order valence-electron chi connectivity index (χ1n) is 10.3. The van der Waals surface area contributed by atoms with Gasteiger partial charge in [-0.3, -0.25) is 4.90 Å². The van der Waals surface area contributed by atoms with Gasteiger partial charge in [0.05, 0.1) is 33.4 Å². The van der Waals surface area contributed by atoms with Crippen LogP contribution in [0.1, 0.15) is 17.5 Å². The van der Waals surface area contributed by atoms with Gasteiger partial charge in [-0.1, -0.05) is 85.5 Å². The summed E-state index contributed by atoms with van der Waals surface area (Å²) in [7, 11) is -1.30. The van der Waals surface area contributed by atoms with E-state index in [2.05, 4.69) is 50.0 Å². The molecule has 2 atom stereocenters. The average Bonchev–Trinajstić information content (AvgIpc) is 2.71. The van der Waals surface area contributed by atoms with Crippen LogP contribution in [0.25, 0.3) is 5.57 Å². The molecule has 2 aromatic rings. The molecule has 2 aliphatic heterocycles. The lowest BCUT2D eigenvalue weighted by atomic mass is 9.90. The van der Waals surface area contributed by atoms with Gasteiger partial charge in [0.25, 0.3) is 0 Å². The Labute approximate surface area is 174 Å². The summed E-state index contributed by atoms with van der Waals surface area (Å²) in [6.07, 6.45) is 2.73. The Bertz CT molecular complexity index is 887. The van der Waals surface area contributed by atoms with E-state index in [0.717, 1.165) is 12.0 Å². The number of ether oxygens (including phenoxy) is 2. The highest BCUT2D eigenvalue weighted by molar-refractivity contribution is 6.88. The normalized spacial score (nSPS) is 21.5. The molecule has 0 radical (unpaired) electrons. The summed E-state index contributed by atoms with van der Waals surface area (Å²) in [5.74, 6) is 0. The molecule has 4 nitrogen and oxygen atoms in total. The smallest absolute Gasteiger partial charge is 0.411 e. The van der Waals surface area contributed by atoms with E-state index in [1.54, 1.807) is 0 Å². The van der Waals surface area contributed by atoms with Crippen molar-refractivity contribution in [3.63, 3.8) is 0 Å². The summed E-state index contributed by atoms with van der Waals surface area (Å²) >= 11 is 0. The fourth-order valence-electron chi connectivity index (χ4n) is 4.07. The minimum atomic E-state index is -1.30. The highest BCUT2D eigenvalue weighted by atomic mass is 28.3. The van der Waals surface area contributed by atoms with Crippen LogP contribution in [0, 0.1) is 0 Å². The number of morpholine rings is 1. The molecular formula is C24H29NO3Si. The van der Waals surface area contributed by atoms with E-state index >= 15 is 0 Å². The third-order valence-corrected chi connectivity index (χ3v) is 7.80. The topological polar surface area (TPSA) is 38.8 Å². The zero-order chi connectivity index (χ0) is 20.4. The summed E-state index contributed by atoms with van der Waals surface area (Å²) in [5.41, 5.74) is 3.55. The Morgan fingerprint density at radius 2 is 1.79 bits per heavy atom. The molecule has 1 saturated heterocycles. The van der Waals surface area contributed by atoms with Crippen molar-refractivity contribution in [1.82, 2.24) is 4.90 Å². The van der Waals surface area contributed by atoms with Gasteiger partial charge in [0, 0.05) is 0 Å². The molecule has 2 aliphatic rings. The number of amides is 1. The molecule has 2 heterocycles. The van der Waals surface area contributed by atoms with E-state index in [4.69, 9.17) is 9.47 Å². The van der Waals surface area contributed by atoms with Gasteiger partial charge < -0.3 is 9.47 Å². The van der Waals surface area contributed by atoms with Crippen LogP contribution < -0.4 is 5.19 Å². The maximum Gasteiger partial charge on any atom is 0.411 e. The molecule has 0 saturated carbocycles. The fraction of sp³-hybridized carbons (Fsp3) is 0.375. The third kappa shape index (κ3) is 4.46. The highest BCUT2D eigenvalue weighted by Gasteiger charge is 2.39. The maximum absolute atomic E-state index is 12.8. The van der Waals surface area contributed by atoms with Crippen molar-refractivity contribution < 1.29 is 14.3 Å². The molecule has 2 unspecified atom stereocenters. The van der Waals surface area contributed by atoms with Crippen LogP contribution in [0.4, 0.5) is 4.79 Å². The molecule has 2 bridgehead atoms. The maximum atomic E-state index is 12.8. The number of carbonyl (C=O) groups excluding carboxylic acids is 1. The lowest BCUT2D eigenvalue weighted by Crippen LogP contribution is -2.56. The molecule has 5 heteroatoms. The van der Waals surface area contributed by atoms with Crippen molar-refractivity contribution in [2.75, 3.05) is 13.2 Å². The molecule has 0 spiro atoms. The molecule has 0 N–H and O–H groups in total. The van der Waals surface area contributed by atoms with Crippen molar-refractivity contribution in [3.8, 4) is 0 Å². The standard InChI is InChI=1S/C24H29NO3Si/c1-29(2,3)23-11-9-19(10-12-23)20-13-21-16-27-17-22(14-20)25(21)24(26)28-15-18-7-5-4-6-8-18/h4-13,21-22H,14-17H2,1-3H3. The zero-order valence-corrected chi connectivity index (χ0v) is 18.4. The van der Waals surface area contributed by atoms with Gasteiger partial charge in [-0.15, -0.1) is 0 Å².